The maximum Gasteiger partial charge on any atom is 0.256 e. The molecular formula is C32H38Cl2FN3O5. The normalized spacial score (nSPS) is 16.5. The number of rotatable bonds is 10. The Bertz CT molecular complexity index is 1430. The SMILES string of the molecule is COc1c(OCCN)cccc1[C@@H]1O[C@@H](CC(=O)NCc2ccccc2F)C(=O)N(CC(C)(C)C)c2ccc(Cl)cc21.Cl. The fraction of sp³-hybridized carbons (Fsp3) is 0.375. The Balaban J connectivity index is 0.00000506. The fourth-order valence-corrected chi connectivity index (χ4v) is 5.08. The van der Waals surface area contributed by atoms with Crippen LogP contribution in [-0.2, 0) is 20.9 Å². The summed E-state index contributed by atoms with van der Waals surface area (Å²) in [7, 11) is 1.52. The molecule has 0 bridgehead atoms. The maximum atomic E-state index is 14.2. The van der Waals surface area contributed by atoms with Crippen LogP contribution in [-0.4, -0.2) is 44.7 Å². The monoisotopic (exact) mass is 633 g/mol. The lowest BCUT2D eigenvalue weighted by atomic mass is 9.94. The lowest BCUT2D eigenvalue weighted by Crippen LogP contribution is -2.45. The second-order valence-corrected chi connectivity index (χ2v) is 11.7. The molecule has 0 spiro atoms. The summed E-state index contributed by atoms with van der Waals surface area (Å²) in [6.07, 6.45) is -2.28. The van der Waals surface area contributed by atoms with Gasteiger partial charge in [-0.05, 0) is 35.7 Å². The number of nitrogens with zero attached hydrogens (tertiary/aromatic N) is 1. The van der Waals surface area contributed by atoms with Crippen LogP contribution < -0.4 is 25.4 Å². The second kappa shape index (κ2) is 14.9. The molecule has 0 aliphatic carbocycles. The number of ether oxygens (including phenoxy) is 3. The van der Waals surface area contributed by atoms with E-state index in [0.717, 1.165) is 0 Å². The summed E-state index contributed by atoms with van der Waals surface area (Å²) in [5.41, 5.74) is 7.57. The first-order chi connectivity index (χ1) is 20.0. The summed E-state index contributed by atoms with van der Waals surface area (Å²) in [5.74, 6) is -0.365. The largest absolute Gasteiger partial charge is 0.492 e. The molecule has 1 aliphatic heterocycles. The van der Waals surface area contributed by atoms with Crippen LogP contribution in [0.5, 0.6) is 11.5 Å². The number of benzene rings is 3. The number of carbonyl (C=O) groups is 2. The van der Waals surface area contributed by atoms with Crippen LogP contribution in [0.25, 0.3) is 0 Å². The van der Waals surface area contributed by atoms with Gasteiger partial charge in [-0.2, -0.15) is 0 Å². The lowest BCUT2D eigenvalue weighted by molar-refractivity contribution is -0.138. The topological polar surface area (TPSA) is 103 Å². The number of carbonyl (C=O) groups excluding carboxylic acids is 2. The highest BCUT2D eigenvalue weighted by Crippen LogP contribution is 2.45. The van der Waals surface area contributed by atoms with Crippen molar-refractivity contribution < 1.29 is 28.2 Å². The van der Waals surface area contributed by atoms with Crippen molar-refractivity contribution in [3.05, 3.63) is 88.2 Å². The van der Waals surface area contributed by atoms with Crippen LogP contribution in [0.3, 0.4) is 0 Å². The fourth-order valence-electron chi connectivity index (χ4n) is 4.90. The summed E-state index contributed by atoms with van der Waals surface area (Å²) in [6.45, 7) is 7.00. The van der Waals surface area contributed by atoms with Gasteiger partial charge in [0.1, 0.15) is 24.6 Å². The summed E-state index contributed by atoms with van der Waals surface area (Å²) in [5, 5.41) is 3.18. The zero-order chi connectivity index (χ0) is 30.4. The Kier molecular flexibility index (Phi) is 11.8. The number of amides is 2. The van der Waals surface area contributed by atoms with E-state index in [9.17, 15) is 14.0 Å². The number of halogens is 3. The molecule has 0 aromatic heterocycles. The van der Waals surface area contributed by atoms with E-state index in [1.165, 1.54) is 13.2 Å². The van der Waals surface area contributed by atoms with E-state index in [2.05, 4.69) is 5.32 Å². The van der Waals surface area contributed by atoms with Crippen LogP contribution in [0, 0.1) is 11.2 Å². The number of methoxy groups -OCH3 is 1. The van der Waals surface area contributed by atoms with Crippen LogP contribution in [0.4, 0.5) is 10.1 Å². The molecule has 1 heterocycles. The third-order valence-electron chi connectivity index (χ3n) is 6.71. The average Bonchev–Trinajstić information content (AvgIpc) is 3.05. The van der Waals surface area contributed by atoms with Crippen LogP contribution in [0.1, 0.15) is 50.0 Å². The minimum atomic E-state index is -1.16. The van der Waals surface area contributed by atoms with Crippen molar-refractivity contribution in [2.75, 3.05) is 31.7 Å². The van der Waals surface area contributed by atoms with E-state index in [-0.39, 0.29) is 43.3 Å². The molecule has 0 saturated carbocycles. The molecule has 3 aromatic rings. The van der Waals surface area contributed by atoms with Gasteiger partial charge in [0, 0.05) is 47.0 Å². The van der Waals surface area contributed by atoms with Crippen molar-refractivity contribution in [1.29, 1.82) is 0 Å². The first kappa shape index (κ1) is 34.1. The van der Waals surface area contributed by atoms with Crippen molar-refractivity contribution in [3.63, 3.8) is 0 Å². The Labute approximate surface area is 263 Å². The van der Waals surface area contributed by atoms with Crippen molar-refractivity contribution in [1.82, 2.24) is 5.32 Å². The zero-order valence-electron chi connectivity index (χ0n) is 24.7. The van der Waals surface area contributed by atoms with E-state index >= 15 is 0 Å². The molecule has 0 unspecified atom stereocenters. The summed E-state index contributed by atoms with van der Waals surface area (Å²) in [4.78, 5) is 28.9. The van der Waals surface area contributed by atoms with Gasteiger partial charge in [0.25, 0.3) is 5.91 Å². The van der Waals surface area contributed by atoms with Crippen molar-refractivity contribution >= 4 is 41.5 Å². The van der Waals surface area contributed by atoms with Gasteiger partial charge in [-0.3, -0.25) is 9.59 Å². The molecule has 43 heavy (non-hydrogen) atoms. The first-order valence-corrected chi connectivity index (χ1v) is 14.2. The van der Waals surface area contributed by atoms with E-state index in [1.807, 2.05) is 26.8 Å². The maximum absolute atomic E-state index is 14.2. The highest BCUT2D eigenvalue weighted by Gasteiger charge is 2.40. The first-order valence-electron chi connectivity index (χ1n) is 13.8. The van der Waals surface area contributed by atoms with E-state index in [4.69, 9.17) is 31.5 Å². The summed E-state index contributed by atoms with van der Waals surface area (Å²) in [6, 6.07) is 16.9. The van der Waals surface area contributed by atoms with Gasteiger partial charge in [0.05, 0.1) is 13.5 Å². The van der Waals surface area contributed by atoms with Crippen molar-refractivity contribution in [2.24, 2.45) is 11.1 Å². The van der Waals surface area contributed by atoms with E-state index in [1.54, 1.807) is 53.4 Å². The molecule has 11 heteroatoms. The quantitative estimate of drug-likeness (QED) is 0.292. The third-order valence-corrected chi connectivity index (χ3v) is 6.95. The molecule has 0 radical (unpaired) electrons. The molecule has 0 saturated heterocycles. The standard InChI is InChI=1S/C32H37ClFN3O5.ClH/c1-32(2,3)19-37-25-13-12-21(33)16-23(25)29(22-9-7-11-26(30(22)40-4)41-15-14-35)42-27(31(37)39)17-28(38)36-18-20-8-5-6-10-24(20)34;/h5-13,16,27,29H,14-15,17-19,35H2,1-4H3,(H,36,38);1H/t27-,29-;/m0./s1. The van der Waals surface area contributed by atoms with Crippen molar-refractivity contribution in [3.8, 4) is 11.5 Å². The number of hydrogen-bond donors (Lipinski definition) is 2. The molecule has 3 N–H and O–H groups in total. The van der Waals surface area contributed by atoms with E-state index in [0.29, 0.717) is 52.0 Å². The average molecular weight is 635 g/mol. The lowest BCUT2D eigenvalue weighted by Gasteiger charge is -2.31. The Hall–Kier alpha value is -3.37. The minimum Gasteiger partial charge on any atom is -0.492 e. The molecule has 1 aliphatic rings. The zero-order valence-corrected chi connectivity index (χ0v) is 26.3. The molecule has 232 valence electrons. The highest BCUT2D eigenvalue weighted by atomic mass is 35.5. The molecular weight excluding hydrogens is 596 g/mol. The van der Waals surface area contributed by atoms with Gasteiger partial charge in [-0.1, -0.05) is 62.7 Å². The van der Waals surface area contributed by atoms with Gasteiger partial charge in [-0.15, -0.1) is 12.4 Å². The number of nitrogens with two attached hydrogens (primary N) is 1. The molecule has 0 fully saturated rings. The van der Waals surface area contributed by atoms with Gasteiger partial charge in [0.15, 0.2) is 11.5 Å². The minimum absolute atomic E-state index is 0. The molecule has 3 aromatic carbocycles. The number of nitrogens with one attached hydrogen (secondary N) is 1. The number of anilines is 1. The molecule has 8 nitrogen and oxygen atoms in total. The molecule has 2 amide bonds. The number of fused-ring (bicyclic) bond motifs is 1. The third kappa shape index (κ3) is 8.38. The summed E-state index contributed by atoms with van der Waals surface area (Å²) >= 11 is 6.48. The predicted octanol–water partition coefficient (Wildman–Crippen LogP) is 5.82. The predicted molar refractivity (Wildman–Crippen MR) is 168 cm³/mol. The smallest absolute Gasteiger partial charge is 0.256 e. The Morgan fingerprint density at radius 2 is 1.86 bits per heavy atom. The van der Waals surface area contributed by atoms with Gasteiger partial charge < -0.3 is 30.2 Å². The Morgan fingerprint density at radius 1 is 1.12 bits per heavy atom. The second-order valence-electron chi connectivity index (χ2n) is 11.3. The van der Waals surface area contributed by atoms with Crippen LogP contribution in [0.15, 0.2) is 60.7 Å². The van der Waals surface area contributed by atoms with Gasteiger partial charge in [0.2, 0.25) is 5.91 Å². The van der Waals surface area contributed by atoms with Crippen LogP contribution >= 0.6 is 24.0 Å². The summed E-state index contributed by atoms with van der Waals surface area (Å²) < 4.78 is 32.3. The van der Waals surface area contributed by atoms with Crippen molar-refractivity contribution in [2.45, 2.75) is 45.9 Å². The van der Waals surface area contributed by atoms with E-state index < -0.39 is 23.9 Å². The number of para-hydroxylation sites is 1. The number of hydrogen-bond acceptors (Lipinski definition) is 6. The van der Waals surface area contributed by atoms with Gasteiger partial charge >= 0.3 is 0 Å². The molecule has 2 atom stereocenters. The molecule has 4 rings (SSSR count). The highest BCUT2D eigenvalue weighted by molar-refractivity contribution is 6.30. The Morgan fingerprint density at radius 3 is 2.53 bits per heavy atom. The van der Waals surface area contributed by atoms with Gasteiger partial charge in [-0.25, -0.2) is 4.39 Å². The van der Waals surface area contributed by atoms with Crippen LogP contribution in [0.2, 0.25) is 5.02 Å².